The number of nitriles is 1. The summed E-state index contributed by atoms with van der Waals surface area (Å²) in [6.45, 7) is 1.74. The minimum Gasteiger partial charge on any atom is -0.312 e. The van der Waals surface area contributed by atoms with Gasteiger partial charge in [-0.25, -0.2) is 4.39 Å². The van der Waals surface area contributed by atoms with Gasteiger partial charge in [-0.05, 0) is 36.1 Å². The fraction of sp³-hybridized carbons (Fsp3) is 0.214. The monoisotopic (exact) mass is 258 g/mol. The second-order valence-electron chi connectivity index (χ2n) is 4.26. The van der Waals surface area contributed by atoms with E-state index in [1.807, 2.05) is 5.38 Å². The Kier molecular flexibility index (Phi) is 2.86. The van der Waals surface area contributed by atoms with Crippen LogP contribution >= 0.6 is 11.3 Å². The van der Waals surface area contributed by atoms with Gasteiger partial charge in [-0.2, -0.15) is 5.26 Å². The van der Waals surface area contributed by atoms with Crippen LogP contribution in [-0.4, -0.2) is 13.1 Å². The van der Waals surface area contributed by atoms with Crippen molar-refractivity contribution in [1.29, 1.82) is 5.26 Å². The van der Waals surface area contributed by atoms with Crippen LogP contribution in [-0.2, 0) is 0 Å². The minimum absolute atomic E-state index is 0.244. The van der Waals surface area contributed by atoms with Gasteiger partial charge in [-0.1, -0.05) is 6.08 Å². The SMILES string of the molecule is N#Cc1ccc(F)c2c(C3=CCCNC3)csc12. The quantitative estimate of drug-likeness (QED) is 0.852. The maximum absolute atomic E-state index is 14.0. The molecule has 3 rings (SSSR count). The van der Waals surface area contributed by atoms with Crippen LogP contribution in [0.3, 0.4) is 0 Å². The van der Waals surface area contributed by atoms with E-state index < -0.39 is 0 Å². The molecule has 0 bridgehead atoms. The molecular formula is C14H11FN2S. The summed E-state index contributed by atoms with van der Waals surface area (Å²) in [6, 6.07) is 5.05. The number of thiophene rings is 1. The molecule has 0 unspecified atom stereocenters. The molecule has 0 fully saturated rings. The van der Waals surface area contributed by atoms with Crippen LogP contribution in [0, 0.1) is 17.1 Å². The molecule has 1 aromatic heterocycles. The average Bonchev–Trinajstić information content (AvgIpc) is 2.86. The maximum atomic E-state index is 14.0. The summed E-state index contributed by atoms with van der Waals surface area (Å²) in [6.07, 6.45) is 3.11. The molecule has 0 atom stereocenters. The maximum Gasteiger partial charge on any atom is 0.132 e. The van der Waals surface area contributed by atoms with Gasteiger partial charge in [0.05, 0.1) is 10.3 Å². The average molecular weight is 258 g/mol. The molecule has 0 saturated carbocycles. The largest absolute Gasteiger partial charge is 0.312 e. The molecule has 2 nitrogen and oxygen atoms in total. The van der Waals surface area contributed by atoms with Gasteiger partial charge < -0.3 is 5.32 Å². The van der Waals surface area contributed by atoms with Crippen molar-refractivity contribution in [2.24, 2.45) is 0 Å². The van der Waals surface area contributed by atoms with E-state index in [1.165, 1.54) is 17.4 Å². The van der Waals surface area contributed by atoms with Crippen molar-refractivity contribution >= 4 is 27.0 Å². The predicted octanol–water partition coefficient (Wildman–Crippen LogP) is 3.29. The topological polar surface area (TPSA) is 35.8 Å². The van der Waals surface area contributed by atoms with Crippen LogP contribution in [0.4, 0.5) is 4.39 Å². The lowest BCUT2D eigenvalue weighted by Gasteiger charge is -2.13. The third kappa shape index (κ3) is 1.72. The molecule has 0 spiro atoms. The molecule has 0 saturated heterocycles. The van der Waals surface area contributed by atoms with Crippen molar-refractivity contribution in [3.05, 3.63) is 40.5 Å². The van der Waals surface area contributed by atoms with Gasteiger partial charge in [0.15, 0.2) is 0 Å². The molecule has 2 heterocycles. The fourth-order valence-corrected chi connectivity index (χ4v) is 3.35. The molecule has 4 heteroatoms. The van der Waals surface area contributed by atoms with Crippen LogP contribution in [0.2, 0.25) is 0 Å². The zero-order valence-corrected chi connectivity index (χ0v) is 10.5. The molecule has 90 valence electrons. The number of benzene rings is 1. The van der Waals surface area contributed by atoms with Gasteiger partial charge in [0.1, 0.15) is 11.9 Å². The van der Waals surface area contributed by atoms with Crippen molar-refractivity contribution in [3.63, 3.8) is 0 Å². The van der Waals surface area contributed by atoms with Gasteiger partial charge in [0.25, 0.3) is 0 Å². The highest BCUT2D eigenvalue weighted by molar-refractivity contribution is 7.17. The Labute approximate surface area is 108 Å². The fourth-order valence-electron chi connectivity index (χ4n) is 2.28. The Morgan fingerprint density at radius 2 is 2.28 bits per heavy atom. The van der Waals surface area contributed by atoms with Crippen molar-refractivity contribution in [3.8, 4) is 6.07 Å². The Hall–Kier alpha value is -1.70. The number of rotatable bonds is 1. The van der Waals surface area contributed by atoms with E-state index in [4.69, 9.17) is 5.26 Å². The van der Waals surface area contributed by atoms with Crippen molar-refractivity contribution in [2.75, 3.05) is 13.1 Å². The second-order valence-corrected chi connectivity index (χ2v) is 5.13. The first-order valence-corrected chi connectivity index (χ1v) is 6.69. The van der Waals surface area contributed by atoms with Crippen LogP contribution in [0.5, 0.6) is 0 Å². The predicted molar refractivity (Wildman–Crippen MR) is 72.0 cm³/mol. The normalized spacial score (nSPS) is 15.4. The van der Waals surface area contributed by atoms with Crippen LogP contribution < -0.4 is 5.32 Å². The highest BCUT2D eigenvalue weighted by Crippen LogP contribution is 2.35. The van der Waals surface area contributed by atoms with E-state index in [9.17, 15) is 4.39 Å². The summed E-state index contributed by atoms with van der Waals surface area (Å²) < 4.78 is 14.8. The summed E-state index contributed by atoms with van der Waals surface area (Å²) in [5.74, 6) is -0.244. The van der Waals surface area contributed by atoms with Gasteiger partial charge in [-0.15, -0.1) is 11.3 Å². The van der Waals surface area contributed by atoms with Crippen LogP contribution in [0.1, 0.15) is 17.5 Å². The molecule has 1 aliphatic heterocycles. The highest BCUT2D eigenvalue weighted by Gasteiger charge is 2.16. The summed E-state index contributed by atoms with van der Waals surface area (Å²) in [4.78, 5) is 0. The Balaban J connectivity index is 2.26. The number of halogens is 1. The van der Waals surface area contributed by atoms with E-state index in [-0.39, 0.29) is 5.82 Å². The molecule has 0 amide bonds. The first-order chi connectivity index (χ1) is 8.81. The van der Waals surface area contributed by atoms with Gasteiger partial charge in [-0.3, -0.25) is 0 Å². The van der Waals surface area contributed by atoms with Gasteiger partial charge in [0, 0.05) is 17.5 Å². The minimum atomic E-state index is -0.244. The van der Waals surface area contributed by atoms with E-state index in [0.29, 0.717) is 10.9 Å². The summed E-state index contributed by atoms with van der Waals surface area (Å²) >= 11 is 1.44. The van der Waals surface area contributed by atoms with Crippen molar-refractivity contribution < 1.29 is 4.39 Å². The lowest BCUT2D eigenvalue weighted by molar-refractivity contribution is 0.639. The molecule has 2 aromatic rings. The number of nitrogens with zero attached hydrogens (tertiary/aromatic N) is 1. The van der Waals surface area contributed by atoms with E-state index in [1.54, 1.807) is 6.07 Å². The van der Waals surface area contributed by atoms with E-state index in [2.05, 4.69) is 17.5 Å². The molecule has 18 heavy (non-hydrogen) atoms. The van der Waals surface area contributed by atoms with Gasteiger partial charge >= 0.3 is 0 Å². The molecule has 0 radical (unpaired) electrons. The molecule has 1 N–H and O–H groups in total. The third-order valence-corrected chi connectivity index (χ3v) is 4.18. The first kappa shape index (κ1) is 11.4. The number of hydrogen-bond donors (Lipinski definition) is 1. The Morgan fingerprint density at radius 1 is 1.39 bits per heavy atom. The third-order valence-electron chi connectivity index (χ3n) is 3.16. The summed E-state index contributed by atoms with van der Waals surface area (Å²) in [5, 5.41) is 14.9. The zero-order valence-electron chi connectivity index (χ0n) is 9.66. The lowest BCUT2D eigenvalue weighted by Crippen LogP contribution is -2.21. The smallest absolute Gasteiger partial charge is 0.132 e. The van der Waals surface area contributed by atoms with Gasteiger partial charge in [0.2, 0.25) is 0 Å². The molecule has 1 aromatic carbocycles. The van der Waals surface area contributed by atoms with E-state index in [0.717, 1.165) is 35.3 Å². The Bertz CT molecular complexity index is 679. The summed E-state index contributed by atoms with van der Waals surface area (Å²) in [7, 11) is 0. The number of fused-ring (bicyclic) bond motifs is 1. The lowest BCUT2D eigenvalue weighted by atomic mass is 10.0. The summed E-state index contributed by atoms with van der Waals surface area (Å²) in [5.41, 5.74) is 2.60. The molecule has 1 aliphatic rings. The van der Waals surface area contributed by atoms with E-state index >= 15 is 0 Å². The number of hydrogen-bond acceptors (Lipinski definition) is 3. The van der Waals surface area contributed by atoms with Crippen LogP contribution in [0.15, 0.2) is 23.6 Å². The zero-order chi connectivity index (χ0) is 12.5. The van der Waals surface area contributed by atoms with Crippen LogP contribution in [0.25, 0.3) is 15.7 Å². The molecule has 0 aliphatic carbocycles. The number of nitrogens with one attached hydrogen (secondary N) is 1. The molecular weight excluding hydrogens is 247 g/mol. The Morgan fingerprint density at radius 3 is 3.00 bits per heavy atom. The first-order valence-electron chi connectivity index (χ1n) is 5.81. The highest BCUT2D eigenvalue weighted by atomic mass is 32.1. The van der Waals surface area contributed by atoms with Crippen molar-refractivity contribution in [1.82, 2.24) is 5.32 Å². The second kappa shape index (κ2) is 4.52. The van der Waals surface area contributed by atoms with Crippen molar-refractivity contribution in [2.45, 2.75) is 6.42 Å². The standard InChI is InChI=1S/C14H11FN2S/c15-12-4-3-9(6-16)14-13(12)11(8-18-14)10-2-1-5-17-7-10/h2-4,8,17H,1,5,7H2.